The second kappa shape index (κ2) is 4.15. The molecule has 0 aliphatic carbocycles. The first-order valence-electron chi connectivity index (χ1n) is 5.96. The van der Waals surface area contributed by atoms with Crippen LogP contribution >= 0.6 is 0 Å². The third-order valence-electron chi connectivity index (χ3n) is 3.19. The van der Waals surface area contributed by atoms with Gasteiger partial charge in [0.25, 0.3) is 0 Å². The van der Waals surface area contributed by atoms with Crippen molar-refractivity contribution in [2.75, 3.05) is 6.54 Å². The lowest BCUT2D eigenvalue weighted by molar-refractivity contribution is -0.489. The molecule has 18 heavy (non-hydrogen) atoms. The molecule has 0 saturated carbocycles. The molecule has 0 unspecified atom stereocenters. The van der Waals surface area contributed by atoms with E-state index in [-0.39, 0.29) is 17.4 Å². The van der Waals surface area contributed by atoms with Crippen molar-refractivity contribution in [1.82, 2.24) is 0 Å². The monoisotopic (exact) mass is 251 g/mol. The molecular formula is C13H17NO4. The zero-order chi connectivity index (χ0) is 13.5. The minimum absolute atomic E-state index is 0.132. The van der Waals surface area contributed by atoms with Gasteiger partial charge in [0.05, 0.1) is 5.41 Å². The summed E-state index contributed by atoms with van der Waals surface area (Å²) in [6, 6.07) is 3.81. The average Bonchev–Trinajstić information content (AvgIpc) is 2.16. The quantitative estimate of drug-likeness (QED) is 0.472. The second-order valence-corrected chi connectivity index (χ2v) is 5.55. The van der Waals surface area contributed by atoms with Gasteiger partial charge in [-0.05, 0) is 31.4 Å². The van der Waals surface area contributed by atoms with Crippen LogP contribution in [0.5, 0.6) is 0 Å². The molecule has 0 bridgehead atoms. The summed E-state index contributed by atoms with van der Waals surface area (Å²) in [4.78, 5) is 10.5. The maximum absolute atomic E-state index is 10.8. The van der Waals surface area contributed by atoms with E-state index < -0.39 is 5.41 Å². The van der Waals surface area contributed by atoms with E-state index in [1.165, 1.54) is 0 Å². The van der Waals surface area contributed by atoms with E-state index >= 15 is 0 Å². The van der Waals surface area contributed by atoms with Crippen molar-refractivity contribution in [2.45, 2.75) is 39.0 Å². The third-order valence-corrected chi connectivity index (χ3v) is 3.19. The van der Waals surface area contributed by atoms with Crippen LogP contribution in [0.25, 0.3) is 11.2 Å². The normalized spacial score (nSPS) is 12.5. The van der Waals surface area contributed by atoms with Gasteiger partial charge in [-0.3, -0.25) is 19.3 Å². The van der Waals surface area contributed by atoms with Crippen molar-refractivity contribution >= 4 is 11.2 Å². The maximum atomic E-state index is 10.8. The molecule has 5 nitrogen and oxygen atoms in total. The van der Waals surface area contributed by atoms with Crippen molar-refractivity contribution in [3.8, 4) is 0 Å². The molecule has 2 aromatic rings. The Morgan fingerprint density at radius 3 is 2.44 bits per heavy atom. The van der Waals surface area contributed by atoms with Gasteiger partial charge in [-0.1, -0.05) is 19.9 Å². The molecule has 0 aliphatic heterocycles. The van der Waals surface area contributed by atoms with Crippen LogP contribution in [0.3, 0.4) is 0 Å². The molecule has 0 amide bonds. The summed E-state index contributed by atoms with van der Waals surface area (Å²) in [6.45, 7) is 7.71. The number of fused-ring (bicyclic) bond motifs is 1. The molecule has 0 N–H and O–H groups in total. The van der Waals surface area contributed by atoms with Crippen LogP contribution in [0.2, 0.25) is 0 Å². The Morgan fingerprint density at radius 1 is 1.33 bits per heavy atom. The van der Waals surface area contributed by atoms with E-state index in [1.807, 2.05) is 26.0 Å². The van der Waals surface area contributed by atoms with Gasteiger partial charge in [-0.2, -0.15) is 0 Å². The SMILES string of the molecule is CC(C)c1ccc2ooc2c1C(C)(C)C[N+](=O)[O-]. The highest BCUT2D eigenvalue weighted by molar-refractivity contribution is 5.78. The predicted molar refractivity (Wildman–Crippen MR) is 67.5 cm³/mol. The van der Waals surface area contributed by atoms with Crippen molar-refractivity contribution in [1.29, 1.82) is 0 Å². The molecule has 0 saturated heterocycles. The summed E-state index contributed by atoms with van der Waals surface area (Å²) in [5, 5.41) is 10.8. The molecule has 1 aromatic carbocycles. The van der Waals surface area contributed by atoms with Crippen LogP contribution < -0.4 is 0 Å². The first-order valence-corrected chi connectivity index (χ1v) is 5.96. The molecule has 0 fully saturated rings. The van der Waals surface area contributed by atoms with Gasteiger partial charge in [0.2, 0.25) is 17.7 Å². The summed E-state index contributed by atoms with van der Waals surface area (Å²) in [5.41, 5.74) is 2.68. The van der Waals surface area contributed by atoms with Crippen molar-refractivity contribution in [3.63, 3.8) is 0 Å². The smallest absolute Gasteiger partial charge is 0.229 e. The lowest BCUT2D eigenvalue weighted by Crippen LogP contribution is -2.29. The topological polar surface area (TPSA) is 69.4 Å². The molecule has 5 heteroatoms. The van der Waals surface area contributed by atoms with Gasteiger partial charge in [0.1, 0.15) is 0 Å². The number of benzene rings is 1. The van der Waals surface area contributed by atoms with Gasteiger partial charge in [0, 0.05) is 10.5 Å². The zero-order valence-corrected chi connectivity index (χ0v) is 11.0. The molecule has 0 aliphatic rings. The number of hydrogen-bond acceptors (Lipinski definition) is 4. The first-order chi connectivity index (χ1) is 8.33. The third kappa shape index (κ3) is 2.00. The van der Waals surface area contributed by atoms with Gasteiger partial charge in [-0.15, -0.1) is 0 Å². The number of nitro groups is 1. The van der Waals surface area contributed by atoms with Crippen LogP contribution in [-0.4, -0.2) is 11.5 Å². The molecular weight excluding hydrogens is 234 g/mol. The van der Waals surface area contributed by atoms with E-state index in [1.54, 1.807) is 0 Å². The fourth-order valence-corrected chi connectivity index (χ4v) is 2.36. The van der Waals surface area contributed by atoms with Crippen LogP contribution in [0.4, 0.5) is 0 Å². The van der Waals surface area contributed by atoms with Crippen LogP contribution in [0.1, 0.15) is 44.7 Å². The lowest BCUT2D eigenvalue weighted by atomic mass is 9.78. The number of nitrogens with zero attached hydrogens (tertiary/aromatic N) is 1. The number of hydrogen-bond donors (Lipinski definition) is 0. The summed E-state index contributed by atoms with van der Waals surface area (Å²) < 4.78 is 9.93. The molecule has 1 aromatic heterocycles. The van der Waals surface area contributed by atoms with Crippen LogP contribution in [-0.2, 0) is 5.41 Å². The molecule has 0 atom stereocenters. The fraction of sp³-hybridized carbons (Fsp3) is 0.538. The Morgan fingerprint density at radius 2 is 2.00 bits per heavy atom. The minimum atomic E-state index is -0.585. The summed E-state index contributed by atoms with van der Waals surface area (Å²) in [7, 11) is 0. The van der Waals surface area contributed by atoms with Crippen LogP contribution in [0.15, 0.2) is 21.3 Å². The molecule has 0 spiro atoms. The minimum Gasteiger partial charge on any atom is -0.286 e. The highest BCUT2D eigenvalue weighted by atomic mass is 17.0. The Hall–Kier alpha value is -1.78. The summed E-state index contributed by atoms with van der Waals surface area (Å²) in [6.07, 6.45) is 0. The van der Waals surface area contributed by atoms with Crippen molar-refractivity contribution < 1.29 is 14.1 Å². The second-order valence-electron chi connectivity index (χ2n) is 5.55. The van der Waals surface area contributed by atoms with E-state index in [0.29, 0.717) is 11.2 Å². The lowest BCUT2D eigenvalue weighted by Gasteiger charge is -2.25. The number of rotatable bonds is 4. The van der Waals surface area contributed by atoms with Gasteiger partial charge in [0.15, 0.2) is 0 Å². The molecule has 0 radical (unpaired) electrons. The summed E-state index contributed by atoms with van der Waals surface area (Å²) >= 11 is 0. The predicted octanol–water partition coefficient (Wildman–Crippen LogP) is 3.70. The molecule has 2 rings (SSSR count). The van der Waals surface area contributed by atoms with Crippen LogP contribution in [0, 0.1) is 10.1 Å². The average molecular weight is 251 g/mol. The molecule has 1 heterocycles. The van der Waals surface area contributed by atoms with Gasteiger partial charge < -0.3 is 0 Å². The Kier molecular flexibility index (Phi) is 2.92. The highest BCUT2D eigenvalue weighted by Gasteiger charge is 2.34. The highest BCUT2D eigenvalue weighted by Crippen LogP contribution is 2.38. The largest absolute Gasteiger partial charge is 0.286 e. The molecule has 98 valence electrons. The fourth-order valence-electron chi connectivity index (χ4n) is 2.36. The van der Waals surface area contributed by atoms with Crippen molar-refractivity contribution in [3.05, 3.63) is 33.4 Å². The van der Waals surface area contributed by atoms with Crippen molar-refractivity contribution in [2.24, 2.45) is 0 Å². The Labute approximate surface area is 105 Å². The van der Waals surface area contributed by atoms with E-state index in [9.17, 15) is 10.1 Å². The summed E-state index contributed by atoms with van der Waals surface area (Å²) in [5.74, 6) is 0.278. The van der Waals surface area contributed by atoms with Gasteiger partial charge in [-0.25, -0.2) is 0 Å². The first kappa shape index (κ1) is 12.7. The zero-order valence-electron chi connectivity index (χ0n) is 11.0. The van der Waals surface area contributed by atoms with Gasteiger partial charge >= 0.3 is 0 Å². The maximum Gasteiger partial charge on any atom is 0.229 e. The van der Waals surface area contributed by atoms with E-state index in [2.05, 4.69) is 13.8 Å². The van der Waals surface area contributed by atoms with E-state index in [0.717, 1.165) is 11.1 Å². The Bertz CT molecular complexity index is 577. The van der Waals surface area contributed by atoms with E-state index in [4.69, 9.17) is 9.15 Å². The Balaban J connectivity index is 2.60. The standard InChI is InChI=1S/C13H17NO4/c1-8(2)9-5-6-10-12(18-17-10)11(9)13(3,4)7-14(15)16/h5-6,8H,7H2,1-4H3.